The van der Waals surface area contributed by atoms with E-state index >= 15 is 0 Å². The molecule has 0 aliphatic carbocycles. The predicted molar refractivity (Wildman–Crippen MR) is 69.0 cm³/mol. The number of carbonyl (C=O) groups excluding carboxylic acids is 2. The molecule has 1 aromatic rings. The minimum Gasteiger partial charge on any atom is -0.351 e. The zero-order valence-corrected chi connectivity index (χ0v) is 11.1. The number of amides is 3. The molecule has 0 saturated heterocycles. The Hall–Kier alpha value is -1.59. The third-order valence-electron chi connectivity index (χ3n) is 2.63. The summed E-state index contributed by atoms with van der Waals surface area (Å²) < 4.78 is 0. The number of nitrogens with two attached hydrogens (primary N) is 2. The maximum atomic E-state index is 11.5. The van der Waals surface area contributed by atoms with Gasteiger partial charge >= 0.3 is 6.03 Å². The van der Waals surface area contributed by atoms with E-state index in [4.69, 9.17) is 17.3 Å². The number of imide groups is 1. The van der Waals surface area contributed by atoms with Gasteiger partial charge in [0.1, 0.15) is 6.04 Å². The maximum Gasteiger partial charge on any atom is 0.319 e. The van der Waals surface area contributed by atoms with E-state index in [1.54, 1.807) is 19.1 Å². The Balaban J connectivity index is 2.58. The van der Waals surface area contributed by atoms with Gasteiger partial charge in [-0.05, 0) is 26.0 Å². The van der Waals surface area contributed by atoms with Gasteiger partial charge in [0.25, 0.3) is 5.91 Å². The third kappa shape index (κ3) is 4.35. The van der Waals surface area contributed by atoms with Crippen molar-refractivity contribution in [1.82, 2.24) is 5.32 Å². The summed E-state index contributed by atoms with van der Waals surface area (Å²) in [6.07, 6.45) is 0. The summed E-state index contributed by atoms with van der Waals surface area (Å²) in [4.78, 5) is 22.1. The molecule has 6 heteroatoms. The van der Waals surface area contributed by atoms with Crippen LogP contribution in [0.4, 0.5) is 4.79 Å². The molecule has 0 radical (unpaired) electrons. The Labute approximate surface area is 111 Å². The van der Waals surface area contributed by atoms with Crippen LogP contribution in [0, 0.1) is 0 Å². The van der Waals surface area contributed by atoms with E-state index in [0.717, 1.165) is 5.56 Å². The van der Waals surface area contributed by atoms with Gasteiger partial charge in [-0.15, -0.1) is 0 Å². The van der Waals surface area contributed by atoms with Gasteiger partial charge < -0.3 is 11.1 Å². The van der Waals surface area contributed by atoms with Crippen molar-refractivity contribution in [2.45, 2.75) is 25.9 Å². The summed E-state index contributed by atoms with van der Waals surface area (Å²) in [5.74, 6) is -0.400. The van der Waals surface area contributed by atoms with E-state index in [1.165, 1.54) is 0 Å². The topological polar surface area (TPSA) is 88.8 Å². The van der Waals surface area contributed by atoms with E-state index < -0.39 is 18.0 Å². The fourth-order valence-electron chi connectivity index (χ4n) is 1.63. The van der Waals surface area contributed by atoms with Crippen LogP contribution >= 0.6 is 11.6 Å². The predicted octanol–water partition coefficient (Wildman–Crippen LogP) is 0.548. The Kier molecular flexibility index (Phi) is 5.12. The number of quaternary nitrogens is 1. The zero-order chi connectivity index (χ0) is 13.7. The van der Waals surface area contributed by atoms with E-state index in [9.17, 15) is 9.59 Å². The van der Waals surface area contributed by atoms with Gasteiger partial charge in [0.2, 0.25) is 0 Å². The van der Waals surface area contributed by atoms with Gasteiger partial charge in [-0.2, -0.15) is 0 Å². The molecule has 0 fully saturated rings. The molecule has 0 bridgehead atoms. The molecule has 0 aromatic heterocycles. The second-order valence-electron chi connectivity index (χ2n) is 4.17. The van der Waals surface area contributed by atoms with Crippen LogP contribution in [0.5, 0.6) is 0 Å². The number of primary amides is 1. The van der Waals surface area contributed by atoms with Crippen molar-refractivity contribution in [3.05, 3.63) is 34.9 Å². The van der Waals surface area contributed by atoms with Gasteiger partial charge in [-0.1, -0.05) is 23.7 Å². The summed E-state index contributed by atoms with van der Waals surface area (Å²) >= 11 is 5.80. The minimum atomic E-state index is -0.834. The molecule has 0 unspecified atom stereocenters. The van der Waals surface area contributed by atoms with Crippen molar-refractivity contribution in [2.24, 2.45) is 5.73 Å². The van der Waals surface area contributed by atoms with Crippen LogP contribution in [0.1, 0.15) is 25.5 Å². The SMILES string of the molecule is C[C@H]([NH2+][C@H](C)c1ccc(Cl)cc1)C(=O)NC(N)=O. The number of hydrogen-bond donors (Lipinski definition) is 3. The van der Waals surface area contributed by atoms with Crippen molar-refractivity contribution in [1.29, 1.82) is 0 Å². The molecule has 0 aliphatic rings. The van der Waals surface area contributed by atoms with Gasteiger partial charge in [0.15, 0.2) is 6.04 Å². The van der Waals surface area contributed by atoms with Crippen molar-refractivity contribution < 1.29 is 14.9 Å². The number of hydrogen-bond acceptors (Lipinski definition) is 2. The second kappa shape index (κ2) is 6.37. The minimum absolute atomic E-state index is 0.0795. The van der Waals surface area contributed by atoms with Crippen LogP contribution < -0.4 is 16.4 Å². The first-order valence-electron chi connectivity index (χ1n) is 5.61. The zero-order valence-electron chi connectivity index (χ0n) is 10.3. The lowest BCUT2D eigenvalue weighted by atomic mass is 10.1. The van der Waals surface area contributed by atoms with Gasteiger partial charge in [-0.25, -0.2) is 4.79 Å². The summed E-state index contributed by atoms with van der Waals surface area (Å²) in [6, 6.07) is 6.26. The van der Waals surface area contributed by atoms with E-state index in [0.29, 0.717) is 5.02 Å². The largest absolute Gasteiger partial charge is 0.351 e. The fraction of sp³-hybridized carbons (Fsp3) is 0.333. The fourth-order valence-corrected chi connectivity index (χ4v) is 1.76. The maximum absolute atomic E-state index is 11.5. The van der Waals surface area contributed by atoms with Crippen LogP contribution in [0.15, 0.2) is 24.3 Å². The molecule has 5 N–H and O–H groups in total. The molecule has 1 aromatic carbocycles. The number of benzene rings is 1. The van der Waals surface area contributed by atoms with Crippen molar-refractivity contribution in [3.63, 3.8) is 0 Å². The van der Waals surface area contributed by atoms with Crippen LogP contribution in [-0.2, 0) is 4.79 Å². The monoisotopic (exact) mass is 270 g/mol. The van der Waals surface area contributed by atoms with Crippen molar-refractivity contribution >= 4 is 23.5 Å². The summed E-state index contributed by atoms with van der Waals surface area (Å²) in [5, 5.41) is 4.58. The average molecular weight is 271 g/mol. The number of urea groups is 1. The molecule has 18 heavy (non-hydrogen) atoms. The van der Waals surface area contributed by atoms with Gasteiger partial charge in [0, 0.05) is 10.6 Å². The number of rotatable bonds is 4. The molecule has 98 valence electrons. The Morgan fingerprint density at radius 3 is 2.33 bits per heavy atom. The Morgan fingerprint density at radius 2 is 1.83 bits per heavy atom. The molecule has 0 saturated carbocycles. The first kappa shape index (κ1) is 14.5. The summed E-state index contributed by atoms with van der Waals surface area (Å²) in [5.41, 5.74) is 5.94. The average Bonchev–Trinajstić information content (AvgIpc) is 2.28. The lowest BCUT2D eigenvalue weighted by Crippen LogP contribution is -2.92. The first-order valence-corrected chi connectivity index (χ1v) is 5.98. The Morgan fingerprint density at radius 1 is 1.28 bits per heavy atom. The number of carbonyl (C=O) groups is 2. The quantitative estimate of drug-likeness (QED) is 0.746. The van der Waals surface area contributed by atoms with Gasteiger partial charge in [0.05, 0.1) is 0 Å². The molecule has 3 amide bonds. The highest BCUT2D eigenvalue weighted by Crippen LogP contribution is 2.13. The normalized spacial score (nSPS) is 13.7. The molecule has 2 atom stereocenters. The molecule has 1 rings (SSSR count). The number of halogens is 1. The molecule has 0 heterocycles. The second-order valence-corrected chi connectivity index (χ2v) is 4.61. The van der Waals surface area contributed by atoms with Crippen LogP contribution in [0.3, 0.4) is 0 Å². The first-order chi connectivity index (χ1) is 8.40. The van der Waals surface area contributed by atoms with Crippen LogP contribution in [0.25, 0.3) is 0 Å². The third-order valence-corrected chi connectivity index (χ3v) is 2.89. The van der Waals surface area contributed by atoms with Crippen molar-refractivity contribution in [2.75, 3.05) is 0 Å². The van der Waals surface area contributed by atoms with Gasteiger partial charge in [-0.3, -0.25) is 10.1 Å². The highest BCUT2D eigenvalue weighted by Gasteiger charge is 2.21. The van der Waals surface area contributed by atoms with E-state index in [1.807, 2.05) is 24.4 Å². The number of nitrogens with one attached hydrogen (secondary N) is 1. The lowest BCUT2D eigenvalue weighted by Gasteiger charge is -2.16. The molecular weight excluding hydrogens is 254 g/mol. The molecular formula is C12H17ClN3O2+. The smallest absolute Gasteiger partial charge is 0.319 e. The standard InChI is InChI=1S/C12H16ClN3O2/c1-7(9-3-5-10(13)6-4-9)15-8(2)11(17)16-12(14)18/h3-8,15H,1-2H3,(H3,14,16,17,18)/p+1/t7-,8+/m1/s1. The molecule has 5 nitrogen and oxygen atoms in total. The van der Waals surface area contributed by atoms with Crippen LogP contribution in [-0.4, -0.2) is 18.0 Å². The Bertz CT molecular complexity index is 433. The highest BCUT2D eigenvalue weighted by atomic mass is 35.5. The highest BCUT2D eigenvalue weighted by molar-refractivity contribution is 6.30. The summed E-state index contributed by atoms with van der Waals surface area (Å²) in [7, 11) is 0. The van der Waals surface area contributed by atoms with Crippen LogP contribution in [0.2, 0.25) is 5.02 Å². The molecule has 0 aliphatic heterocycles. The van der Waals surface area contributed by atoms with Crippen molar-refractivity contribution in [3.8, 4) is 0 Å². The van der Waals surface area contributed by atoms with E-state index in [2.05, 4.69) is 5.32 Å². The summed E-state index contributed by atoms with van der Waals surface area (Å²) in [6.45, 7) is 3.68. The molecule has 0 spiro atoms. The lowest BCUT2D eigenvalue weighted by molar-refractivity contribution is -0.710. The van der Waals surface area contributed by atoms with E-state index in [-0.39, 0.29) is 6.04 Å².